The maximum absolute atomic E-state index is 5.17. The van der Waals surface area contributed by atoms with Gasteiger partial charge in [-0.15, -0.1) is 0 Å². The second kappa shape index (κ2) is 3.82. The molecule has 0 N–H and O–H groups in total. The van der Waals surface area contributed by atoms with Crippen LogP contribution >= 0.6 is 0 Å². The van der Waals surface area contributed by atoms with Crippen molar-refractivity contribution in [1.29, 1.82) is 0 Å². The van der Waals surface area contributed by atoms with E-state index in [2.05, 4.69) is 20.1 Å². The second-order valence-electron chi connectivity index (χ2n) is 3.42. The fourth-order valence-electron chi connectivity index (χ4n) is 1.35. The fraction of sp³-hybridized carbons (Fsp3) is 0.0909. The molecule has 3 heterocycles. The zero-order chi connectivity index (χ0) is 11.7. The van der Waals surface area contributed by atoms with Crippen LogP contribution in [0.1, 0.15) is 5.82 Å². The minimum atomic E-state index is 0.372. The molecule has 0 fully saturated rings. The van der Waals surface area contributed by atoms with Crippen LogP contribution in [0.15, 0.2) is 39.7 Å². The first-order valence-corrected chi connectivity index (χ1v) is 4.99. The first kappa shape index (κ1) is 9.71. The molecule has 0 aliphatic heterocycles. The summed E-state index contributed by atoms with van der Waals surface area (Å²) in [5, 5.41) is 3.82. The number of aromatic nitrogens is 4. The van der Waals surface area contributed by atoms with E-state index in [1.165, 1.54) is 0 Å². The van der Waals surface area contributed by atoms with Crippen molar-refractivity contribution in [2.24, 2.45) is 0 Å². The number of furan rings is 1. The molecule has 0 aromatic carbocycles. The van der Waals surface area contributed by atoms with Gasteiger partial charge in [-0.25, -0.2) is 9.97 Å². The lowest BCUT2D eigenvalue weighted by molar-refractivity contribution is 0.429. The minimum absolute atomic E-state index is 0.372. The van der Waals surface area contributed by atoms with Crippen molar-refractivity contribution in [2.45, 2.75) is 6.92 Å². The van der Waals surface area contributed by atoms with Crippen LogP contribution in [0, 0.1) is 6.92 Å². The van der Waals surface area contributed by atoms with Crippen molar-refractivity contribution < 1.29 is 8.94 Å². The van der Waals surface area contributed by atoms with Crippen LogP contribution in [0.2, 0.25) is 0 Å². The molecule has 0 amide bonds. The molecule has 0 radical (unpaired) electrons. The highest BCUT2D eigenvalue weighted by Gasteiger charge is 2.12. The Bertz CT molecular complexity index is 613. The molecule has 6 nitrogen and oxygen atoms in total. The van der Waals surface area contributed by atoms with Gasteiger partial charge in [-0.1, -0.05) is 5.16 Å². The molecule has 0 atom stereocenters. The Labute approximate surface area is 96.3 Å². The first-order chi connectivity index (χ1) is 8.33. The van der Waals surface area contributed by atoms with Crippen molar-refractivity contribution >= 4 is 0 Å². The monoisotopic (exact) mass is 228 g/mol. The third-order valence-electron chi connectivity index (χ3n) is 2.20. The van der Waals surface area contributed by atoms with Crippen LogP contribution in [0.4, 0.5) is 0 Å². The highest BCUT2D eigenvalue weighted by Crippen LogP contribution is 2.21. The number of aryl methyl sites for hydroxylation is 1. The van der Waals surface area contributed by atoms with E-state index in [4.69, 9.17) is 8.94 Å². The van der Waals surface area contributed by atoms with Crippen LogP contribution in [0.5, 0.6) is 0 Å². The topological polar surface area (TPSA) is 77.8 Å². The van der Waals surface area contributed by atoms with Crippen LogP contribution in [0.25, 0.3) is 23.0 Å². The summed E-state index contributed by atoms with van der Waals surface area (Å²) in [7, 11) is 0. The summed E-state index contributed by atoms with van der Waals surface area (Å²) < 4.78 is 10.3. The van der Waals surface area contributed by atoms with Crippen LogP contribution in [-0.2, 0) is 0 Å². The molecule has 0 saturated carbocycles. The van der Waals surface area contributed by atoms with Gasteiger partial charge in [0.2, 0.25) is 5.82 Å². The van der Waals surface area contributed by atoms with Gasteiger partial charge in [0, 0.05) is 12.4 Å². The Kier molecular flexibility index (Phi) is 2.18. The SMILES string of the molecule is Cc1ncc(-c2nc(-c3ccco3)no2)cn1. The van der Waals surface area contributed by atoms with Gasteiger partial charge < -0.3 is 8.94 Å². The molecule has 3 rings (SSSR count). The Morgan fingerprint density at radius 1 is 1.18 bits per heavy atom. The molecule has 0 saturated heterocycles. The first-order valence-electron chi connectivity index (χ1n) is 4.99. The summed E-state index contributed by atoms with van der Waals surface area (Å²) in [6.45, 7) is 1.81. The lowest BCUT2D eigenvalue weighted by Gasteiger charge is -1.92. The third kappa shape index (κ3) is 1.80. The summed E-state index contributed by atoms with van der Waals surface area (Å²) in [6, 6.07) is 3.53. The normalized spacial score (nSPS) is 10.6. The predicted octanol–water partition coefficient (Wildman–Crippen LogP) is 2.10. The van der Waals surface area contributed by atoms with Gasteiger partial charge in [-0.2, -0.15) is 4.98 Å². The number of hydrogen-bond donors (Lipinski definition) is 0. The third-order valence-corrected chi connectivity index (χ3v) is 2.20. The van der Waals surface area contributed by atoms with Gasteiger partial charge in [-0.05, 0) is 19.1 Å². The van der Waals surface area contributed by atoms with Gasteiger partial charge >= 0.3 is 0 Å². The summed E-state index contributed by atoms with van der Waals surface area (Å²) in [5.74, 6) is 2.04. The summed E-state index contributed by atoms with van der Waals surface area (Å²) in [5.41, 5.74) is 0.681. The molecule has 0 bridgehead atoms. The van der Waals surface area contributed by atoms with Crippen LogP contribution in [-0.4, -0.2) is 20.1 Å². The second-order valence-corrected chi connectivity index (χ2v) is 3.42. The largest absolute Gasteiger partial charge is 0.461 e. The molecule has 0 aliphatic carbocycles. The van der Waals surface area contributed by atoms with E-state index in [0.29, 0.717) is 28.9 Å². The maximum Gasteiger partial charge on any atom is 0.261 e. The average molecular weight is 228 g/mol. The number of rotatable bonds is 2. The standard InChI is InChI=1S/C11H8N4O2/c1-7-12-5-8(6-13-7)11-14-10(15-17-11)9-3-2-4-16-9/h2-6H,1H3. The van der Waals surface area contributed by atoms with E-state index in [9.17, 15) is 0 Å². The van der Waals surface area contributed by atoms with Crippen molar-refractivity contribution in [1.82, 2.24) is 20.1 Å². The molecule has 0 spiro atoms. The number of hydrogen-bond acceptors (Lipinski definition) is 6. The Morgan fingerprint density at radius 2 is 2.00 bits per heavy atom. The smallest absolute Gasteiger partial charge is 0.261 e. The molecule has 84 valence electrons. The average Bonchev–Trinajstić information content (AvgIpc) is 3.00. The van der Waals surface area contributed by atoms with E-state index in [1.807, 2.05) is 6.92 Å². The Morgan fingerprint density at radius 3 is 2.71 bits per heavy atom. The lowest BCUT2D eigenvalue weighted by atomic mass is 10.3. The van der Waals surface area contributed by atoms with E-state index in [0.717, 1.165) is 0 Å². The van der Waals surface area contributed by atoms with Crippen molar-refractivity contribution in [2.75, 3.05) is 0 Å². The van der Waals surface area contributed by atoms with Crippen molar-refractivity contribution in [3.63, 3.8) is 0 Å². The van der Waals surface area contributed by atoms with Gasteiger partial charge in [0.1, 0.15) is 5.82 Å². The molecule has 0 unspecified atom stereocenters. The number of nitrogens with zero attached hydrogens (tertiary/aromatic N) is 4. The summed E-state index contributed by atoms with van der Waals surface area (Å²) in [6.07, 6.45) is 4.84. The minimum Gasteiger partial charge on any atom is -0.461 e. The van der Waals surface area contributed by atoms with Crippen molar-refractivity contribution in [3.8, 4) is 23.0 Å². The zero-order valence-electron chi connectivity index (χ0n) is 8.99. The van der Waals surface area contributed by atoms with E-state index in [-0.39, 0.29) is 0 Å². The molecule has 3 aromatic heterocycles. The van der Waals surface area contributed by atoms with E-state index >= 15 is 0 Å². The maximum atomic E-state index is 5.17. The highest BCUT2D eigenvalue weighted by molar-refractivity contribution is 5.54. The molecule has 0 aliphatic rings. The van der Waals surface area contributed by atoms with Gasteiger partial charge in [-0.3, -0.25) is 0 Å². The molecule has 6 heteroatoms. The van der Waals surface area contributed by atoms with Gasteiger partial charge in [0.05, 0.1) is 11.8 Å². The summed E-state index contributed by atoms with van der Waals surface area (Å²) in [4.78, 5) is 12.3. The van der Waals surface area contributed by atoms with Crippen molar-refractivity contribution in [3.05, 3.63) is 36.6 Å². The van der Waals surface area contributed by atoms with E-state index < -0.39 is 0 Å². The predicted molar refractivity (Wildman–Crippen MR) is 57.8 cm³/mol. The van der Waals surface area contributed by atoms with Crippen LogP contribution < -0.4 is 0 Å². The zero-order valence-corrected chi connectivity index (χ0v) is 8.99. The van der Waals surface area contributed by atoms with Gasteiger partial charge in [0.25, 0.3) is 5.89 Å². The Hall–Kier alpha value is -2.50. The molecule has 17 heavy (non-hydrogen) atoms. The molecular weight excluding hydrogens is 220 g/mol. The quantitative estimate of drug-likeness (QED) is 0.668. The highest BCUT2D eigenvalue weighted by atomic mass is 16.5. The summed E-state index contributed by atoms with van der Waals surface area (Å²) >= 11 is 0. The fourth-order valence-corrected chi connectivity index (χ4v) is 1.35. The Balaban J connectivity index is 1.98. The van der Waals surface area contributed by atoms with Crippen LogP contribution in [0.3, 0.4) is 0 Å². The molecule has 3 aromatic rings. The van der Waals surface area contributed by atoms with Gasteiger partial charge in [0.15, 0.2) is 5.76 Å². The van der Waals surface area contributed by atoms with E-state index in [1.54, 1.807) is 30.8 Å². The molecular formula is C11H8N4O2. The lowest BCUT2D eigenvalue weighted by Crippen LogP contribution is -1.87.